The van der Waals surface area contributed by atoms with Gasteiger partial charge in [0.05, 0.1) is 0 Å². The normalized spacial score (nSPS) is 12.0. The van der Waals surface area contributed by atoms with Crippen molar-refractivity contribution in [1.29, 1.82) is 0 Å². The minimum Gasteiger partial charge on any atom is -0.454 e. The van der Waals surface area contributed by atoms with Crippen LogP contribution in [0.5, 0.6) is 0 Å². The van der Waals surface area contributed by atoms with Crippen molar-refractivity contribution < 1.29 is 14.3 Å². The number of rotatable bonds is 5. The molecular weight excluding hydrogens is 344 g/mol. The van der Waals surface area contributed by atoms with E-state index >= 15 is 0 Å². The molecule has 2 aromatic carbocycles. The summed E-state index contributed by atoms with van der Waals surface area (Å²) in [5, 5.41) is 3.86. The van der Waals surface area contributed by atoms with Gasteiger partial charge in [0.25, 0.3) is 0 Å². The van der Waals surface area contributed by atoms with E-state index in [-0.39, 0.29) is 12.4 Å². The molecule has 4 heteroatoms. The van der Waals surface area contributed by atoms with Gasteiger partial charge in [0.1, 0.15) is 0 Å². The molecule has 0 radical (unpaired) electrons. The second-order valence-corrected chi connectivity index (χ2v) is 6.91. The van der Waals surface area contributed by atoms with Gasteiger partial charge in [0, 0.05) is 11.6 Å². The van der Waals surface area contributed by atoms with Crippen LogP contribution in [-0.4, -0.2) is 18.4 Å². The smallest absolute Gasteiger partial charge is 0.331 e. The molecule has 1 aliphatic carbocycles. The van der Waals surface area contributed by atoms with Crippen molar-refractivity contribution >= 4 is 29.2 Å². The number of fused-ring (bicyclic) bond motifs is 3. The second-order valence-electron chi connectivity index (χ2n) is 6.13. The summed E-state index contributed by atoms with van der Waals surface area (Å²) in [5.41, 5.74) is 6.27. The largest absolute Gasteiger partial charge is 0.454 e. The van der Waals surface area contributed by atoms with E-state index in [0.717, 1.165) is 17.5 Å². The molecule has 1 heterocycles. The molecular formula is C22H16O3S. The van der Waals surface area contributed by atoms with Gasteiger partial charge in [-0.2, -0.15) is 11.3 Å². The molecule has 3 nitrogen and oxygen atoms in total. The number of thiophene rings is 1. The Morgan fingerprint density at radius 2 is 1.88 bits per heavy atom. The summed E-state index contributed by atoms with van der Waals surface area (Å²) >= 11 is 1.55. The first-order valence-corrected chi connectivity index (χ1v) is 9.26. The van der Waals surface area contributed by atoms with Gasteiger partial charge in [-0.15, -0.1) is 0 Å². The van der Waals surface area contributed by atoms with Gasteiger partial charge in [0.15, 0.2) is 12.4 Å². The average Bonchev–Trinajstić information content (AvgIpc) is 3.31. The van der Waals surface area contributed by atoms with Gasteiger partial charge in [-0.05, 0) is 63.2 Å². The van der Waals surface area contributed by atoms with E-state index < -0.39 is 5.97 Å². The molecule has 0 aliphatic heterocycles. The van der Waals surface area contributed by atoms with Crippen LogP contribution in [0.1, 0.15) is 27.0 Å². The number of ketones is 1. The molecule has 0 atom stereocenters. The first-order valence-electron chi connectivity index (χ1n) is 8.32. The molecule has 128 valence electrons. The van der Waals surface area contributed by atoms with E-state index in [2.05, 4.69) is 12.1 Å². The van der Waals surface area contributed by atoms with Crippen LogP contribution >= 0.6 is 11.3 Å². The summed E-state index contributed by atoms with van der Waals surface area (Å²) in [6.07, 6.45) is 3.91. The van der Waals surface area contributed by atoms with Crippen LogP contribution in [0, 0.1) is 0 Å². The summed E-state index contributed by atoms with van der Waals surface area (Å²) in [6.45, 7) is -0.257. The average molecular weight is 360 g/mol. The Kier molecular flexibility index (Phi) is 4.50. The molecule has 0 amide bonds. The molecule has 26 heavy (non-hydrogen) atoms. The Labute approximate surface area is 155 Å². The molecule has 1 aliphatic rings. The highest BCUT2D eigenvalue weighted by Gasteiger charge is 2.19. The van der Waals surface area contributed by atoms with E-state index in [4.69, 9.17) is 4.74 Å². The Balaban J connectivity index is 1.43. The van der Waals surface area contributed by atoms with Gasteiger partial charge in [-0.3, -0.25) is 4.79 Å². The molecule has 0 spiro atoms. The Morgan fingerprint density at radius 1 is 1.04 bits per heavy atom. The van der Waals surface area contributed by atoms with Gasteiger partial charge in [-0.1, -0.05) is 36.4 Å². The predicted molar refractivity (Wildman–Crippen MR) is 103 cm³/mol. The van der Waals surface area contributed by atoms with Crippen LogP contribution in [0.15, 0.2) is 65.4 Å². The van der Waals surface area contributed by atoms with Crippen LogP contribution in [0.3, 0.4) is 0 Å². The summed E-state index contributed by atoms with van der Waals surface area (Å²) in [6, 6.07) is 15.8. The summed E-state index contributed by atoms with van der Waals surface area (Å²) in [4.78, 5) is 24.2. The molecule has 0 fully saturated rings. The number of carbonyl (C=O) groups is 2. The number of benzene rings is 2. The lowest BCUT2D eigenvalue weighted by Crippen LogP contribution is -2.12. The van der Waals surface area contributed by atoms with Crippen molar-refractivity contribution in [3.8, 4) is 11.1 Å². The third-order valence-corrected chi connectivity index (χ3v) is 5.12. The summed E-state index contributed by atoms with van der Waals surface area (Å²) in [5.74, 6) is -0.717. The molecule has 4 rings (SSSR count). The number of Topliss-reactive ketones (excluding diaryl/α,β-unsaturated/α-hetero) is 1. The first kappa shape index (κ1) is 16.5. The predicted octanol–water partition coefficient (Wildman–Crippen LogP) is 4.76. The number of hydrogen-bond donors (Lipinski definition) is 0. The van der Waals surface area contributed by atoms with Gasteiger partial charge in [-0.25, -0.2) is 4.79 Å². The van der Waals surface area contributed by atoms with E-state index in [1.54, 1.807) is 17.4 Å². The first-order chi connectivity index (χ1) is 12.7. The van der Waals surface area contributed by atoms with Crippen molar-refractivity contribution in [2.24, 2.45) is 0 Å². The molecule has 3 aromatic rings. The monoisotopic (exact) mass is 360 g/mol. The standard InChI is InChI=1S/C22H16O3S/c23-21(13-25-22(24)8-5-15-9-10-26-14-15)18-7-6-17-11-16-3-1-2-4-19(16)20(17)12-18/h1-10,12,14H,11,13H2/b8-5+. The summed E-state index contributed by atoms with van der Waals surface area (Å²) < 4.78 is 5.07. The minimum absolute atomic E-state index is 0.200. The highest BCUT2D eigenvalue weighted by atomic mass is 32.1. The third kappa shape index (κ3) is 3.37. The zero-order valence-corrected chi connectivity index (χ0v) is 14.8. The van der Waals surface area contributed by atoms with Crippen molar-refractivity contribution in [3.05, 3.63) is 87.6 Å². The van der Waals surface area contributed by atoms with Gasteiger partial charge >= 0.3 is 5.97 Å². The van der Waals surface area contributed by atoms with E-state index in [1.807, 2.05) is 47.2 Å². The fourth-order valence-electron chi connectivity index (χ4n) is 3.10. The van der Waals surface area contributed by atoms with Crippen LogP contribution < -0.4 is 0 Å². The number of esters is 1. The van der Waals surface area contributed by atoms with Crippen molar-refractivity contribution in [1.82, 2.24) is 0 Å². The molecule has 0 unspecified atom stereocenters. The topological polar surface area (TPSA) is 43.4 Å². The van der Waals surface area contributed by atoms with Crippen LogP contribution in [0.2, 0.25) is 0 Å². The van der Waals surface area contributed by atoms with Crippen LogP contribution in [0.4, 0.5) is 0 Å². The van der Waals surface area contributed by atoms with Crippen molar-refractivity contribution in [2.45, 2.75) is 6.42 Å². The Bertz CT molecular complexity index is 1000. The molecule has 0 bridgehead atoms. The maximum absolute atomic E-state index is 12.4. The minimum atomic E-state index is -0.518. The SMILES string of the molecule is O=C(/C=C/c1ccsc1)OCC(=O)c1ccc2c(c1)-c1ccccc1C2. The molecule has 0 saturated carbocycles. The third-order valence-electron chi connectivity index (χ3n) is 4.42. The van der Waals surface area contributed by atoms with Crippen LogP contribution in [-0.2, 0) is 16.0 Å². The molecule has 0 saturated heterocycles. The van der Waals surface area contributed by atoms with Gasteiger partial charge in [0.2, 0.25) is 0 Å². The number of carbonyl (C=O) groups excluding carboxylic acids is 2. The van der Waals surface area contributed by atoms with Crippen LogP contribution in [0.25, 0.3) is 17.2 Å². The molecule has 0 N–H and O–H groups in total. The lowest BCUT2D eigenvalue weighted by Gasteiger charge is -2.06. The Morgan fingerprint density at radius 3 is 2.73 bits per heavy atom. The zero-order chi connectivity index (χ0) is 17.9. The quantitative estimate of drug-likeness (QED) is 0.293. The highest BCUT2D eigenvalue weighted by molar-refractivity contribution is 7.08. The fourth-order valence-corrected chi connectivity index (χ4v) is 3.73. The van der Waals surface area contributed by atoms with Crippen molar-refractivity contribution in [3.63, 3.8) is 0 Å². The maximum atomic E-state index is 12.4. The van der Waals surface area contributed by atoms with Gasteiger partial charge < -0.3 is 4.74 Å². The Hall–Kier alpha value is -2.98. The highest BCUT2D eigenvalue weighted by Crippen LogP contribution is 2.36. The van der Waals surface area contributed by atoms with E-state index in [0.29, 0.717) is 5.56 Å². The lowest BCUT2D eigenvalue weighted by atomic mass is 10.0. The summed E-state index contributed by atoms with van der Waals surface area (Å²) in [7, 11) is 0. The number of ether oxygens (including phenoxy) is 1. The van der Waals surface area contributed by atoms with E-state index in [9.17, 15) is 9.59 Å². The fraction of sp³-hybridized carbons (Fsp3) is 0.0909. The van der Waals surface area contributed by atoms with Crippen molar-refractivity contribution in [2.75, 3.05) is 6.61 Å². The second kappa shape index (κ2) is 7.10. The lowest BCUT2D eigenvalue weighted by molar-refractivity contribution is -0.136. The zero-order valence-electron chi connectivity index (χ0n) is 14.0. The number of hydrogen-bond acceptors (Lipinski definition) is 4. The van der Waals surface area contributed by atoms with E-state index in [1.165, 1.54) is 22.8 Å². The molecule has 1 aromatic heterocycles. The maximum Gasteiger partial charge on any atom is 0.331 e.